The van der Waals surface area contributed by atoms with Crippen molar-refractivity contribution < 1.29 is 0 Å². The lowest BCUT2D eigenvalue weighted by Crippen LogP contribution is -2.47. The van der Waals surface area contributed by atoms with E-state index in [1.165, 1.54) is 10.8 Å². The molecule has 0 radical (unpaired) electrons. The number of anilines is 2. The van der Waals surface area contributed by atoms with Crippen molar-refractivity contribution in [2.45, 2.75) is 6.42 Å². The topological polar surface area (TPSA) is 44.3 Å². The molecular formula is C21H25N5. The van der Waals surface area contributed by atoms with Crippen LogP contribution in [0.4, 0.5) is 11.6 Å². The second-order valence-corrected chi connectivity index (χ2v) is 6.68. The zero-order valence-electron chi connectivity index (χ0n) is 15.0. The minimum atomic E-state index is 0.946. The van der Waals surface area contributed by atoms with Gasteiger partial charge in [0.25, 0.3) is 0 Å². The molecule has 0 atom stereocenters. The van der Waals surface area contributed by atoms with Crippen LogP contribution in [0.2, 0.25) is 0 Å². The highest BCUT2D eigenvalue weighted by atomic mass is 15.3. The molecule has 134 valence electrons. The Balaban J connectivity index is 1.22. The zero-order chi connectivity index (χ0) is 17.6. The lowest BCUT2D eigenvalue weighted by Gasteiger charge is -2.35. The second-order valence-electron chi connectivity index (χ2n) is 6.68. The number of rotatable bonds is 6. The SMILES string of the molecule is c1ccc(N2CCN(CCCNc3nccc4ccccc34)CC2)nc1. The Labute approximate surface area is 154 Å². The Morgan fingerprint density at radius 1 is 0.846 bits per heavy atom. The van der Waals surface area contributed by atoms with E-state index >= 15 is 0 Å². The fourth-order valence-electron chi connectivity index (χ4n) is 3.51. The molecule has 2 aromatic heterocycles. The van der Waals surface area contributed by atoms with Crippen LogP contribution in [0.15, 0.2) is 60.9 Å². The van der Waals surface area contributed by atoms with Gasteiger partial charge in [-0.3, -0.25) is 4.90 Å². The zero-order valence-corrected chi connectivity index (χ0v) is 15.0. The van der Waals surface area contributed by atoms with Crippen molar-refractivity contribution in [2.75, 3.05) is 49.5 Å². The summed E-state index contributed by atoms with van der Waals surface area (Å²) in [6.45, 7) is 6.37. The van der Waals surface area contributed by atoms with Crippen LogP contribution in [0.5, 0.6) is 0 Å². The van der Waals surface area contributed by atoms with Crippen molar-refractivity contribution in [2.24, 2.45) is 0 Å². The van der Waals surface area contributed by atoms with Crippen LogP contribution in [0.3, 0.4) is 0 Å². The van der Waals surface area contributed by atoms with Gasteiger partial charge >= 0.3 is 0 Å². The number of aromatic nitrogens is 2. The number of hydrogen-bond donors (Lipinski definition) is 1. The van der Waals surface area contributed by atoms with E-state index in [4.69, 9.17) is 0 Å². The number of fused-ring (bicyclic) bond motifs is 1. The van der Waals surface area contributed by atoms with Gasteiger partial charge in [0.1, 0.15) is 11.6 Å². The number of piperazine rings is 1. The molecule has 1 aliphatic rings. The molecule has 3 heterocycles. The first-order valence-corrected chi connectivity index (χ1v) is 9.36. The van der Waals surface area contributed by atoms with E-state index in [9.17, 15) is 0 Å². The van der Waals surface area contributed by atoms with Crippen LogP contribution >= 0.6 is 0 Å². The summed E-state index contributed by atoms with van der Waals surface area (Å²) in [5.41, 5.74) is 0. The third-order valence-corrected chi connectivity index (χ3v) is 4.96. The molecule has 0 saturated carbocycles. The standard InChI is InChI=1S/C21H25N5/c1-2-7-19-18(6-1)9-12-24-21(19)23-11-5-13-25-14-16-26(17-15-25)20-8-3-4-10-22-20/h1-4,6-10,12H,5,11,13-17H2,(H,23,24). The minimum absolute atomic E-state index is 0.946. The van der Waals surface area contributed by atoms with Crippen LogP contribution in [0.25, 0.3) is 10.8 Å². The van der Waals surface area contributed by atoms with E-state index in [0.717, 1.165) is 57.3 Å². The largest absolute Gasteiger partial charge is 0.370 e. The van der Waals surface area contributed by atoms with Crippen LogP contribution in [-0.4, -0.2) is 54.1 Å². The summed E-state index contributed by atoms with van der Waals surface area (Å²) in [5, 5.41) is 5.93. The maximum Gasteiger partial charge on any atom is 0.133 e. The number of hydrogen-bond acceptors (Lipinski definition) is 5. The third-order valence-electron chi connectivity index (χ3n) is 4.96. The van der Waals surface area contributed by atoms with Gasteiger partial charge < -0.3 is 10.2 Å². The molecule has 1 saturated heterocycles. The average Bonchev–Trinajstić information content (AvgIpc) is 2.72. The first kappa shape index (κ1) is 16.8. The fourth-order valence-corrected chi connectivity index (χ4v) is 3.51. The predicted molar refractivity (Wildman–Crippen MR) is 108 cm³/mol. The molecule has 5 nitrogen and oxygen atoms in total. The molecule has 5 heteroatoms. The van der Waals surface area contributed by atoms with Gasteiger partial charge in [0.2, 0.25) is 0 Å². The molecule has 1 aromatic carbocycles. The highest BCUT2D eigenvalue weighted by molar-refractivity contribution is 5.91. The minimum Gasteiger partial charge on any atom is -0.370 e. The average molecular weight is 347 g/mol. The lowest BCUT2D eigenvalue weighted by atomic mass is 10.1. The molecule has 1 aliphatic heterocycles. The highest BCUT2D eigenvalue weighted by Gasteiger charge is 2.17. The van der Waals surface area contributed by atoms with Crippen LogP contribution < -0.4 is 10.2 Å². The predicted octanol–water partition coefficient (Wildman–Crippen LogP) is 3.25. The summed E-state index contributed by atoms with van der Waals surface area (Å²) in [6, 6.07) is 16.6. The molecule has 0 amide bonds. The van der Waals surface area contributed by atoms with Gasteiger partial charge in [-0.25, -0.2) is 9.97 Å². The number of benzene rings is 1. The van der Waals surface area contributed by atoms with E-state index in [1.807, 2.05) is 18.5 Å². The number of nitrogens with one attached hydrogen (secondary N) is 1. The molecule has 0 unspecified atom stereocenters. The Hall–Kier alpha value is -2.66. The van der Waals surface area contributed by atoms with Crippen LogP contribution in [-0.2, 0) is 0 Å². The smallest absolute Gasteiger partial charge is 0.133 e. The Morgan fingerprint density at radius 3 is 2.54 bits per heavy atom. The van der Waals surface area contributed by atoms with Crippen molar-refractivity contribution in [1.82, 2.24) is 14.9 Å². The lowest BCUT2D eigenvalue weighted by molar-refractivity contribution is 0.256. The van der Waals surface area contributed by atoms with E-state index in [1.54, 1.807) is 0 Å². The van der Waals surface area contributed by atoms with Gasteiger partial charge in [0, 0.05) is 50.5 Å². The summed E-state index contributed by atoms with van der Waals surface area (Å²) in [5.74, 6) is 2.08. The molecule has 1 fully saturated rings. The summed E-state index contributed by atoms with van der Waals surface area (Å²) in [6.07, 6.45) is 4.87. The van der Waals surface area contributed by atoms with Crippen LogP contribution in [0, 0.1) is 0 Å². The summed E-state index contributed by atoms with van der Waals surface area (Å²) >= 11 is 0. The molecule has 26 heavy (non-hydrogen) atoms. The fraction of sp³-hybridized carbons (Fsp3) is 0.333. The van der Waals surface area contributed by atoms with Crippen molar-refractivity contribution in [3.05, 3.63) is 60.9 Å². The molecule has 4 rings (SSSR count). The van der Waals surface area contributed by atoms with Gasteiger partial charge in [-0.05, 0) is 36.6 Å². The van der Waals surface area contributed by atoms with E-state index in [2.05, 4.69) is 67.5 Å². The van der Waals surface area contributed by atoms with Gasteiger partial charge in [-0.2, -0.15) is 0 Å². The molecule has 0 spiro atoms. The molecular weight excluding hydrogens is 322 g/mol. The van der Waals surface area contributed by atoms with Crippen molar-refractivity contribution in [3.63, 3.8) is 0 Å². The quantitative estimate of drug-likeness (QED) is 0.694. The Morgan fingerprint density at radius 2 is 1.69 bits per heavy atom. The maximum atomic E-state index is 4.50. The monoisotopic (exact) mass is 347 g/mol. The number of nitrogens with zero attached hydrogens (tertiary/aromatic N) is 4. The molecule has 1 N–H and O–H groups in total. The Kier molecular flexibility index (Phi) is 5.26. The van der Waals surface area contributed by atoms with E-state index < -0.39 is 0 Å². The van der Waals surface area contributed by atoms with Crippen molar-refractivity contribution in [3.8, 4) is 0 Å². The van der Waals surface area contributed by atoms with Gasteiger partial charge in [-0.1, -0.05) is 30.3 Å². The van der Waals surface area contributed by atoms with Gasteiger partial charge in [0.05, 0.1) is 0 Å². The summed E-state index contributed by atoms with van der Waals surface area (Å²) < 4.78 is 0. The first-order valence-electron chi connectivity index (χ1n) is 9.36. The second kappa shape index (κ2) is 8.15. The maximum absolute atomic E-state index is 4.50. The molecule has 0 aliphatic carbocycles. The van der Waals surface area contributed by atoms with Crippen molar-refractivity contribution >= 4 is 22.4 Å². The van der Waals surface area contributed by atoms with Gasteiger partial charge in [0.15, 0.2) is 0 Å². The van der Waals surface area contributed by atoms with E-state index in [0.29, 0.717) is 0 Å². The normalized spacial score (nSPS) is 15.3. The van der Waals surface area contributed by atoms with Crippen LogP contribution in [0.1, 0.15) is 6.42 Å². The summed E-state index contributed by atoms with van der Waals surface area (Å²) in [4.78, 5) is 13.9. The highest BCUT2D eigenvalue weighted by Crippen LogP contribution is 2.20. The van der Waals surface area contributed by atoms with Gasteiger partial charge in [-0.15, -0.1) is 0 Å². The molecule has 3 aromatic rings. The first-order chi connectivity index (χ1) is 12.9. The summed E-state index contributed by atoms with van der Waals surface area (Å²) in [7, 11) is 0. The number of pyridine rings is 2. The van der Waals surface area contributed by atoms with E-state index in [-0.39, 0.29) is 0 Å². The Bertz CT molecular complexity index is 823. The molecule has 0 bridgehead atoms. The third kappa shape index (κ3) is 3.94. The van der Waals surface area contributed by atoms with Crippen molar-refractivity contribution in [1.29, 1.82) is 0 Å².